The predicted octanol–water partition coefficient (Wildman–Crippen LogP) is 3.88. The predicted molar refractivity (Wildman–Crippen MR) is 74.5 cm³/mol. The van der Waals surface area contributed by atoms with E-state index in [4.69, 9.17) is 0 Å². The Balaban J connectivity index is 1.93. The standard InChI is InChI=1S/C16H21NO/c1-12(18)15-7-6-14-8-9-17(16(14)10-15)11-13-4-2-3-5-13/h6-10,12-13,18H,2-5,11H2,1H3. The molecule has 18 heavy (non-hydrogen) atoms. The highest BCUT2D eigenvalue weighted by molar-refractivity contribution is 5.80. The molecular formula is C16H21NO. The SMILES string of the molecule is CC(O)c1ccc2ccn(CC3CCCC3)c2c1. The van der Waals surface area contributed by atoms with Crippen LogP contribution in [0.15, 0.2) is 30.5 Å². The van der Waals surface area contributed by atoms with Gasteiger partial charge in [-0.05, 0) is 48.8 Å². The molecule has 0 bridgehead atoms. The number of fused-ring (bicyclic) bond motifs is 1. The van der Waals surface area contributed by atoms with Gasteiger partial charge in [-0.25, -0.2) is 0 Å². The summed E-state index contributed by atoms with van der Waals surface area (Å²) in [4.78, 5) is 0. The van der Waals surface area contributed by atoms with Crippen LogP contribution in [-0.2, 0) is 6.54 Å². The third kappa shape index (κ3) is 2.17. The summed E-state index contributed by atoms with van der Waals surface area (Å²) in [6, 6.07) is 8.44. The molecule has 1 saturated carbocycles. The molecule has 1 heterocycles. The van der Waals surface area contributed by atoms with Gasteiger partial charge in [0.25, 0.3) is 0 Å². The van der Waals surface area contributed by atoms with Crippen LogP contribution in [0.25, 0.3) is 10.9 Å². The molecule has 1 aliphatic rings. The van der Waals surface area contributed by atoms with Gasteiger partial charge in [0, 0.05) is 18.3 Å². The zero-order chi connectivity index (χ0) is 12.5. The molecule has 96 valence electrons. The molecule has 1 atom stereocenters. The van der Waals surface area contributed by atoms with E-state index in [2.05, 4.69) is 29.0 Å². The molecule has 0 amide bonds. The minimum atomic E-state index is -0.385. The summed E-state index contributed by atoms with van der Waals surface area (Å²) in [6.07, 6.45) is 7.33. The number of aliphatic hydroxyl groups is 1. The van der Waals surface area contributed by atoms with Crippen molar-refractivity contribution in [2.24, 2.45) is 5.92 Å². The van der Waals surface area contributed by atoms with E-state index in [9.17, 15) is 5.11 Å². The second-order valence-electron chi connectivity index (χ2n) is 5.61. The van der Waals surface area contributed by atoms with Gasteiger partial charge in [0.15, 0.2) is 0 Å². The van der Waals surface area contributed by atoms with Crippen molar-refractivity contribution in [1.82, 2.24) is 4.57 Å². The first-order valence-electron chi connectivity index (χ1n) is 7.01. The van der Waals surface area contributed by atoms with Crippen molar-refractivity contribution in [2.45, 2.75) is 45.3 Å². The fourth-order valence-corrected chi connectivity index (χ4v) is 3.09. The van der Waals surface area contributed by atoms with Gasteiger partial charge in [-0.1, -0.05) is 25.0 Å². The van der Waals surface area contributed by atoms with E-state index in [1.807, 2.05) is 13.0 Å². The average Bonchev–Trinajstić information content (AvgIpc) is 2.99. The van der Waals surface area contributed by atoms with Gasteiger partial charge in [0.1, 0.15) is 0 Å². The van der Waals surface area contributed by atoms with Crippen LogP contribution in [0.5, 0.6) is 0 Å². The molecule has 2 heteroatoms. The maximum absolute atomic E-state index is 9.69. The Morgan fingerprint density at radius 3 is 2.78 bits per heavy atom. The van der Waals surface area contributed by atoms with Gasteiger partial charge in [0.2, 0.25) is 0 Å². The summed E-state index contributed by atoms with van der Waals surface area (Å²) >= 11 is 0. The van der Waals surface area contributed by atoms with Crippen molar-refractivity contribution in [2.75, 3.05) is 0 Å². The van der Waals surface area contributed by atoms with Crippen LogP contribution in [0.3, 0.4) is 0 Å². The Bertz CT molecular complexity index is 535. The Morgan fingerprint density at radius 2 is 2.06 bits per heavy atom. The van der Waals surface area contributed by atoms with Crippen LogP contribution in [0, 0.1) is 5.92 Å². The monoisotopic (exact) mass is 243 g/mol. The topological polar surface area (TPSA) is 25.2 Å². The Kier molecular flexibility index (Phi) is 3.13. The van der Waals surface area contributed by atoms with Crippen LogP contribution in [0.2, 0.25) is 0 Å². The lowest BCUT2D eigenvalue weighted by Gasteiger charge is -2.12. The molecular weight excluding hydrogens is 222 g/mol. The maximum atomic E-state index is 9.69. The summed E-state index contributed by atoms with van der Waals surface area (Å²) in [7, 11) is 0. The van der Waals surface area contributed by atoms with E-state index in [0.717, 1.165) is 18.0 Å². The summed E-state index contributed by atoms with van der Waals surface area (Å²) in [5, 5.41) is 11.0. The van der Waals surface area contributed by atoms with E-state index in [1.54, 1.807) is 0 Å². The van der Waals surface area contributed by atoms with Gasteiger partial charge in [-0.2, -0.15) is 0 Å². The first-order valence-corrected chi connectivity index (χ1v) is 7.01. The number of hydrogen-bond acceptors (Lipinski definition) is 1. The van der Waals surface area contributed by atoms with Crippen molar-refractivity contribution in [3.63, 3.8) is 0 Å². The second-order valence-corrected chi connectivity index (χ2v) is 5.61. The van der Waals surface area contributed by atoms with Crippen LogP contribution in [0.4, 0.5) is 0 Å². The number of aliphatic hydroxyl groups excluding tert-OH is 1. The molecule has 1 N–H and O–H groups in total. The average molecular weight is 243 g/mol. The molecule has 1 aromatic carbocycles. The molecule has 1 fully saturated rings. The van der Waals surface area contributed by atoms with Crippen molar-refractivity contribution >= 4 is 10.9 Å². The van der Waals surface area contributed by atoms with E-state index >= 15 is 0 Å². The van der Waals surface area contributed by atoms with Gasteiger partial charge in [0.05, 0.1) is 6.10 Å². The summed E-state index contributed by atoms with van der Waals surface area (Å²) in [5.41, 5.74) is 2.27. The minimum Gasteiger partial charge on any atom is -0.389 e. The van der Waals surface area contributed by atoms with E-state index in [-0.39, 0.29) is 6.10 Å². The Morgan fingerprint density at radius 1 is 1.28 bits per heavy atom. The minimum absolute atomic E-state index is 0.385. The molecule has 1 unspecified atom stereocenters. The first-order chi connectivity index (χ1) is 8.74. The Hall–Kier alpha value is -1.28. The van der Waals surface area contributed by atoms with Crippen molar-refractivity contribution in [3.8, 4) is 0 Å². The van der Waals surface area contributed by atoms with Crippen molar-refractivity contribution in [1.29, 1.82) is 0 Å². The molecule has 0 aliphatic heterocycles. The second kappa shape index (κ2) is 4.77. The number of hydrogen-bond donors (Lipinski definition) is 1. The fourth-order valence-electron chi connectivity index (χ4n) is 3.09. The molecule has 1 aliphatic carbocycles. The molecule has 2 aromatic rings. The van der Waals surface area contributed by atoms with Crippen molar-refractivity contribution < 1.29 is 5.11 Å². The summed E-state index contributed by atoms with van der Waals surface area (Å²) in [6.45, 7) is 2.96. The van der Waals surface area contributed by atoms with Crippen LogP contribution in [-0.4, -0.2) is 9.67 Å². The maximum Gasteiger partial charge on any atom is 0.0762 e. The first kappa shape index (κ1) is 11.8. The molecule has 2 nitrogen and oxygen atoms in total. The largest absolute Gasteiger partial charge is 0.389 e. The van der Waals surface area contributed by atoms with Crippen LogP contribution < -0.4 is 0 Å². The molecule has 3 rings (SSSR count). The summed E-state index contributed by atoms with van der Waals surface area (Å²) < 4.78 is 2.36. The molecule has 0 saturated heterocycles. The summed E-state index contributed by atoms with van der Waals surface area (Å²) in [5.74, 6) is 0.843. The Labute approximate surface area is 108 Å². The van der Waals surface area contributed by atoms with Gasteiger partial charge < -0.3 is 9.67 Å². The van der Waals surface area contributed by atoms with E-state index < -0.39 is 0 Å². The van der Waals surface area contributed by atoms with E-state index in [0.29, 0.717) is 0 Å². The molecule has 1 aromatic heterocycles. The van der Waals surface area contributed by atoms with E-state index in [1.165, 1.54) is 36.6 Å². The van der Waals surface area contributed by atoms with Gasteiger partial charge in [-0.15, -0.1) is 0 Å². The van der Waals surface area contributed by atoms with Crippen LogP contribution >= 0.6 is 0 Å². The lowest BCUT2D eigenvalue weighted by atomic mass is 10.1. The van der Waals surface area contributed by atoms with Gasteiger partial charge >= 0.3 is 0 Å². The number of aromatic nitrogens is 1. The molecule has 0 radical (unpaired) electrons. The fraction of sp³-hybridized carbons (Fsp3) is 0.500. The molecule has 0 spiro atoms. The normalized spacial score (nSPS) is 18.6. The van der Waals surface area contributed by atoms with Crippen molar-refractivity contribution in [3.05, 3.63) is 36.0 Å². The van der Waals surface area contributed by atoms with Gasteiger partial charge in [-0.3, -0.25) is 0 Å². The number of rotatable bonds is 3. The third-order valence-electron chi connectivity index (χ3n) is 4.21. The lowest BCUT2D eigenvalue weighted by molar-refractivity contribution is 0.199. The highest BCUT2D eigenvalue weighted by atomic mass is 16.3. The highest BCUT2D eigenvalue weighted by Gasteiger charge is 2.16. The third-order valence-corrected chi connectivity index (χ3v) is 4.21. The number of benzene rings is 1. The quantitative estimate of drug-likeness (QED) is 0.869. The highest BCUT2D eigenvalue weighted by Crippen LogP contribution is 2.28. The lowest BCUT2D eigenvalue weighted by Crippen LogP contribution is -2.06. The van der Waals surface area contributed by atoms with Crippen LogP contribution in [0.1, 0.15) is 44.3 Å². The zero-order valence-corrected chi connectivity index (χ0v) is 11.0. The number of nitrogens with zero attached hydrogens (tertiary/aromatic N) is 1. The zero-order valence-electron chi connectivity index (χ0n) is 11.0. The smallest absolute Gasteiger partial charge is 0.0762 e.